The van der Waals surface area contributed by atoms with Crippen LogP contribution in [-0.2, 0) is 0 Å². The zero-order valence-corrected chi connectivity index (χ0v) is 19.4. The SMILES string of the molecule is CNC1CCN(c2ccc(NC(=O)c3ccc(-c4cccc(C(=O)N(C)C)c4)s3)cc2)C1. The van der Waals surface area contributed by atoms with Gasteiger partial charge >= 0.3 is 0 Å². The molecule has 1 unspecified atom stereocenters. The number of thiophene rings is 1. The van der Waals surface area contributed by atoms with Crippen molar-refractivity contribution in [1.29, 1.82) is 0 Å². The normalized spacial score (nSPS) is 15.6. The number of hydrogen-bond donors (Lipinski definition) is 2. The van der Waals surface area contributed by atoms with E-state index in [4.69, 9.17) is 0 Å². The van der Waals surface area contributed by atoms with E-state index in [2.05, 4.69) is 27.7 Å². The van der Waals surface area contributed by atoms with Gasteiger partial charge in [0.25, 0.3) is 11.8 Å². The molecule has 32 heavy (non-hydrogen) atoms. The van der Waals surface area contributed by atoms with Gasteiger partial charge in [-0.3, -0.25) is 9.59 Å². The van der Waals surface area contributed by atoms with Crippen LogP contribution in [0.5, 0.6) is 0 Å². The minimum atomic E-state index is -0.133. The molecular formula is C25H28N4O2S. The number of anilines is 2. The minimum Gasteiger partial charge on any atom is -0.370 e. The van der Waals surface area contributed by atoms with Gasteiger partial charge in [0.15, 0.2) is 0 Å². The summed E-state index contributed by atoms with van der Waals surface area (Å²) >= 11 is 1.42. The van der Waals surface area contributed by atoms with E-state index in [9.17, 15) is 9.59 Å². The summed E-state index contributed by atoms with van der Waals surface area (Å²) in [5, 5.41) is 6.32. The molecule has 1 aromatic heterocycles. The summed E-state index contributed by atoms with van der Waals surface area (Å²) in [5.74, 6) is -0.175. The average molecular weight is 449 g/mol. The van der Waals surface area contributed by atoms with E-state index in [0.717, 1.165) is 35.6 Å². The number of carbonyl (C=O) groups excluding carboxylic acids is 2. The van der Waals surface area contributed by atoms with Gasteiger partial charge in [0.1, 0.15) is 0 Å². The van der Waals surface area contributed by atoms with E-state index < -0.39 is 0 Å². The van der Waals surface area contributed by atoms with Crippen LogP contribution >= 0.6 is 11.3 Å². The minimum absolute atomic E-state index is 0.0415. The molecule has 0 radical (unpaired) electrons. The Hall–Kier alpha value is -3.16. The van der Waals surface area contributed by atoms with Crippen LogP contribution in [0, 0.1) is 0 Å². The molecule has 1 fully saturated rings. The molecule has 4 rings (SSSR count). The molecule has 0 saturated carbocycles. The average Bonchev–Trinajstić information content (AvgIpc) is 3.49. The van der Waals surface area contributed by atoms with Gasteiger partial charge in [0.2, 0.25) is 0 Å². The van der Waals surface area contributed by atoms with Crippen LogP contribution in [0.2, 0.25) is 0 Å². The van der Waals surface area contributed by atoms with Crippen molar-refractivity contribution in [3.63, 3.8) is 0 Å². The zero-order valence-electron chi connectivity index (χ0n) is 18.6. The number of nitrogens with one attached hydrogen (secondary N) is 2. The molecule has 1 aliphatic rings. The third-order valence-corrected chi connectivity index (χ3v) is 6.85. The van der Waals surface area contributed by atoms with Crippen LogP contribution in [-0.4, -0.2) is 57.0 Å². The van der Waals surface area contributed by atoms with Crippen LogP contribution in [0.3, 0.4) is 0 Å². The zero-order chi connectivity index (χ0) is 22.7. The van der Waals surface area contributed by atoms with E-state index >= 15 is 0 Å². The van der Waals surface area contributed by atoms with Gasteiger partial charge in [-0.15, -0.1) is 11.3 Å². The topological polar surface area (TPSA) is 64.7 Å². The lowest BCUT2D eigenvalue weighted by Gasteiger charge is -2.19. The number of nitrogens with zero attached hydrogens (tertiary/aromatic N) is 2. The Bertz CT molecular complexity index is 1110. The lowest BCUT2D eigenvalue weighted by atomic mass is 10.1. The van der Waals surface area contributed by atoms with E-state index in [1.54, 1.807) is 25.1 Å². The van der Waals surface area contributed by atoms with Crippen molar-refractivity contribution in [3.05, 3.63) is 71.1 Å². The lowest BCUT2D eigenvalue weighted by molar-refractivity contribution is 0.0827. The highest BCUT2D eigenvalue weighted by molar-refractivity contribution is 7.17. The van der Waals surface area contributed by atoms with Gasteiger partial charge in [-0.2, -0.15) is 0 Å². The molecule has 2 heterocycles. The molecule has 2 amide bonds. The maximum Gasteiger partial charge on any atom is 0.265 e. The summed E-state index contributed by atoms with van der Waals surface area (Å²) < 4.78 is 0. The summed E-state index contributed by atoms with van der Waals surface area (Å²) in [5.41, 5.74) is 3.51. The van der Waals surface area contributed by atoms with E-state index in [1.165, 1.54) is 17.0 Å². The fourth-order valence-electron chi connectivity index (χ4n) is 3.86. The van der Waals surface area contributed by atoms with Crippen LogP contribution in [0.4, 0.5) is 11.4 Å². The fourth-order valence-corrected chi connectivity index (χ4v) is 4.76. The van der Waals surface area contributed by atoms with Gasteiger partial charge in [0, 0.05) is 55.0 Å². The van der Waals surface area contributed by atoms with E-state index in [0.29, 0.717) is 16.5 Å². The molecular weight excluding hydrogens is 420 g/mol. The second-order valence-electron chi connectivity index (χ2n) is 8.17. The van der Waals surface area contributed by atoms with E-state index in [1.807, 2.05) is 49.5 Å². The maximum atomic E-state index is 12.8. The first-order chi connectivity index (χ1) is 15.4. The highest BCUT2D eigenvalue weighted by Gasteiger charge is 2.21. The standard InChI is InChI=1S/C25H28N4O2S/c1-26-20-13-14-29(16-20)21-9-7-19(8-10-21)27-24(30)23-12-11-22(32-23)17-5-4-6-18(15-17)25(31)28(2)3/h4-12,15,20,26H,13-14,16H2,1-3H3,(H,27,30). The van der Waals surface area contributed by atoms with Crippen LogP contribution in [0.15, 0.2) is 60.7 Å². The Kier molecular flexibility index (Phi) is 6.58. The Morgan fingerprint density at radius 1 is 1.06 bits per heavy atom. The molecule has 1 saturated heterocycles. The van der Waals surface area contributed by atoms with Gasteiger partial charge in [-0.25, -0.2) is 0 Å². The second-order valence-corrected chi connectivity index (χ2v) is 9.25. The summed E-state index contributed by atoms with van der Waals surface area (Å²) in [6.45, 7) is 2.04. The number of rotatable bonds is 6. The number of carbonyl (C=O) groups is 2. The van der Waals surface area contributed by atoms with Gasteiger partial charge < -0.3 is 20.4 Å². The fraction of sp³-hybridized carbons (Fsp3) is 0.280. The summed E-state index contributed by atoms with van der Waals surface area (Å²) in [6, 6.07) is 19.8. The predicted molar refractivity (Wildman–Crippen MR) is 132 cm³/mol. The molecule has 1 aliphatic heterocycles. The molecule has 3 aromatic rings. The first-order valence-electron chi connectivity index (χ1n) is 10.7. The molecule has 0 spiro atoms. The smallest absolute Gasteiger partial charge is 0.265 e. The molecule has 0 aliphatic carbocycles. The molecule has 1 atom stereocenters. The number of amides is 2. The Labute approximate surface area is 192 Å². The first-order valence-corrected chi connectivity index (χ1v) is 11.5. The molecule has 0 bridgehead atoms. The van der Waals surface area contributed by atoms with Crippen LogP contribution < -0.4 is 15.5 Å². The van der Waals surface area contributed by atoms with Crippen molar-refractivity contribution in [1.82, 2.24) is 10.2 Å². The summed E-state index contributed by atoms with van der Waals surface area (Å²) in [6.07, 6.45) is 1.14. The molecule has 7 heteroatoms. The molecule has 6 nitrogen and oxygen atoms in total. The van der Waals surface area contributed by atoms with Crippen molar-refractivity contribution >= 4 is 34.5 Å². The Morgan fingerprint density at radius 2 is 1.84 bits per heavy atom. The highest BCUT2D eigenvalue weighted by Crippen LogP contribution is 2.30. The number of benzene rings is 2. The third-order valence-electron chi connectivity index (χ3n) is 5.72. The summed E-state index contributed by atoms with van der Waals surface area (Å²) in [7, 11) is 5.47. The number of likely N-dealkylation sites (N-methyl/N-ethyl adjacent to an activating group) is 1. The van der Waals surface area contributed by atoms with Crippen LogP contribution in [0.1, 0.15) is 26.5 Å². The highest BCUT2D eigenvalue weighted by atomic mass is 32.1. The molecule has 2 N–H and O–H groups in total. The van der Waals surface area contributed by atoms with Gasteiger partial charge in [-0.05, 0) is 67.6 Å². The van der Waals surface area contributed by atoms with E-state index in [-0.39, 0.29) is 11.8 Å². The van der Waals surface area contributed by atoms with Crippen LogP contribution in [0.25, 0.3) is 10.4 Å². The predicted octanol–water partition coefficient (Wildman–Crippen LogP) is 4.17. The summed E-state index contributed by atoms with van der Waals surface area (Å²) in [4.78, 5) is 30.5. The third kappa shape index (κ3) is 4.84. The first kappa shape index (κ1) is 22.0. The lowest BCUT2D eigenvalue weighted by Crippen LogP contribution is -2.29. The molecule has 2 aromatic carbocycles. The Balaban J connectivity index is 1.42. The van der Waals surface area contributed by atoms with Crippen molar-refractivity contribution in [2.45, 2.75) is 12.5 Å². The monoisotopic (exact) mass is 448 g/mol. The quantitative estimate of drug-likeness (QED) is 0.594. The molecule has 166 valence electrons. The largest absolute Gasteiger partial charge is 0.370 e. The van der Waals surface area contributed by atoms with Crippen molar-refractivity contribution in [3.8, 4) is 10.4 Å². The van der Waals surface area contributed by atoms with Crippen molar-refractivity contribution < 1.29 is 9.59 Å². The maximum absolute atomic E-state index is 12.8. The van der Waals surface area contributed by atoms with Gasteiger partial charge in [-0.1, -0.05) is 12.1 Å². The Morgan fingerprint density at radius 3 is 2.53 bits per heavy atom. The van der Waals surface area contributed by atoms with Crippen molar-refractivity contribution in [2.24, 2.45) is 0 Å². The van der Waals surface area contributed by atoms with Crippen molar-refractivity contribution in [2.75, 3.05) is 44.4 Å². The van der Waals surface area contributed by atoms with Gasteiger partial charge in [0.05, 0.1) is 4.88 Å². The second kappa shape index (κ2) is 9.54. The number of hydrogen-bond acceptors (Lipinski definition) is 5.